The Labute approximate surface area is 99.6 Å². The molecule has 1 atom stereocenters. The maximum absolute atomic E-state index is 11.7. The molecule has 0 radical (unpaired) electrons. The molecule has 0 aliphatic rings. The van der Waals surface area contributed by atoms with Gasteiger partial charge in [-0.3, -0.25) is 4.79 Å². The SMILES string of the molecule is CC[C@H](C)NC(=O)c1cc(Cl)ccc1Cl. The molecule has 1 N–H and O–H groups in total. The maximum atomic E-state index is 11.7. The summed E-state index contributed by atoms with van der Waals surface area (Å²) >= 11 is 11.7. The van der Waals surface area contributed by atoms with Crippen LogP contribution in [-0.2, 0) is 0 Å². The Morgan fingerprint density at radius 3 is 2.73 bits per heavy atom. The molecular formula is C11H13Cl2NO. The summed E-state index contributed by atoms with van der Waals surface area (Å²) in [5, 5.41) is 3.76. The van der Waals surface area contributed by atoms with E-state index in [2.05, 4.69) is 5.32 Å². The van der Waals surface area contributed by atoms with Crippen LogP contribution in [-0.4, -0.2) is 11.9 Å². The zero-order chi connectivity index (χ0) is 11.4. The Morgan fingerprint density at radius 2 is 2.13 bits per heavy atom. The molecule has 0 heterocycles. The van der Waals surface area contributed by atoms with Crippen molar-refractivity contribution >= 4 is 29.1 Å². The van der Waals surface area contributed by atoms with E-state index in [1.54, 1.807) is 18.2 Å². The van der Waals surface area contributed by atoms with Gasteiger partial charge in [0.25, 0.3) is 5.91 Å². The number of carbonyl (C=O) groups is 1. The van der Waals surface area contributed by atoms with E-state index in [4.69, 9.17) is 23.2 Å². The summed E-state index contributed by atoms with van der Waals surface area (Å²) in [6.45, 7) is 3.95. The zero-order valence-corrected chi connectivity index (χ0v) is 10.2. The highest BCUT2D eigenvalue weighted by molar-refractivity contribution is 6.35. The number of halogens is 2. The van der Waals surface area contributed by atoms with Crippen LogP contribution in [0.1, 0.15) is 30.6 Å². The van der Waals surface area contributed by atoms with Gasteiger partial charge in [0, 0.05) is 11.1 Å². The van der Waals surface area contributed by atoms with Gasteiger partial charge >= 0.3 is 0 Å². The molecule has 1 rings (SSSR count). The molecular weight excluding hydrogens is 233 g/mol. The average molecular weight is 246 g/mol. The summed E-state index contributed by atoms with van der Waals surface area (Å²) in [5.74, 6) is -0.183. The van der Waals surface area contributed by atoms with Gasteiger partial charge in [0.1, 0.15) is 0 Å². The van der Waals surface area contributed by atoms with Crippen molar-refractivity contribution < 1.29 is 4.79 Å². The molecule has 0 aromatic heterocycles. The highest BCUT2D eigenvalue weighted by Gasteiger charge is 2.12. The van der Waals surface area contributed by atoms with Crippen molar-refractivity contribution in [1.29, 1.82) is 0 Å². The van der Waals surface area contributed by atoms with Crippen LogP contribution in [0.4, 0.5) is 0 Å². The van der Waals surface area contributed by atoms with Crippen molar-refractivity contribution in [2.45, 2.75) is 26.3 Å². The minimum Gasteiger partial charge on any atom is -0.350 e. The third kappa shape index (κ3) is 3.40. The van der Waals surface area contributed by atoms with Crippen LogP contribution < -0.4 is 5.32 Å². The van der Waals surface area contributed by atoms with Crippen molar-refractivity contribution in [3.63, 3.8) is 0 Å². The fourth-order valence-electron chi connectivity index (χ4n) is 1.08. The first-order valence-electron chi connectivity index (χ1n) is 4.80. The Kier molecular flexibility index (Phi) is 4.43. The van der Waals surface area contributed by atoms with Crippen LogP contribution >= 0.6 is 23.2 Å². The van der Waals surface area contributed by atoms with Crippen LogP contribution in [0.5, 0.6) is 0 Å². The number of hydrogen-bond acceptors (Lipinski definition) is 1. The summed E-state index contributed by atoms with van der Waals surface area (Å²) in [4.78, 5) is 11.7. The molecule has 0 aliphatic carbocycles. The number of amides is 1. The van der Waals surface area contributed by atoms with Gasteiger partial charge in [0.05, 0.1) is 10.6 Å². The molecule has 0 aliphatic heterocycles. The molecule has 4 heteroatoms. The topological polar surface area (TPSA) is 29.1 Å². The maximum Gasteiger partial charge on any atom is 0.253 e. The van der Waals surface area contributed by atoms with Crippen molar-refractivity contribution in [1.82, 2.24) is 5.32 Å². The lowest BCUT2D eigenvalue weighted by Gasteiger charge is -2.12. The van der Waals surface area contributed by atoms with Gasteiger partial charge in [0.2, 0.25) is 0 Å². The average Bonchev–Trinajstić information content (AvgIpc) is 2.21. The fraction of sp³-hybridized carbons (Fsp3) is 0.364. The quantitative estimate of drug-likeness (QED) is 0.868. The minimum atomic E-state index is -0.183. The van der Waals surface area contributed by atoms with E-state index in [1.807, 2.05) is 13.8 Å². The van der Waals surface area contributed by atoms with Gasteiger partial charge in [-0.2, -0.15) is 0 Å². The van der Waals surface area contributed by atoms with Crippen LogP contribution in [0.2, 0.25) is 10.0 Å². The van der Waals surface area contributed by atoms with E-state index in [9.17, 15) is 4.79 Å². The lowest BCUT2D eigenvalue weighted by atomic mass is 10.2. The van der Waals surface area contributed by atoms with E-state index in [-0.39, 0.29) is 11.9 Å². The Bertz CT molecular complexity index is 366. The summed E-state index contributed by atoms with van der Waals surface area (Å²) in [6.07, 6.45) is 0.879. The van der Waals surface area contributed by atoms with Crippen molar-refractivity contribution in [3.8, 4) is 0 Å². The molecule has 15 heavy (non-hydrogen) atoms. The normalized spacial score (nSPS) is 12.3. The molecule has 0 spiro atoms. The van der Waals surface area contributed by atoms with E-state index >= 15 is 0 Å². The number of rotatable bonds is 3. The molecule has 0 fully saturated rings. The van der Waals surface area contributed by atoms with Crippen LogP contribution in [0.15, 0.2) is 18.2 Å². The summed E-state index contributed by atoms with van der Waals surface area (Å²) in [6, 6.07) is 4.98. The van der Waals surface area contributed by atoms with E-state index in [1.165, 1.54) is 0 Å². The van der Waals surface area contributed by atoms with Crippen LogP contribution in [0.3, 0.4) is 0 Å². The predicted molar refractivity (Wildman–Crippen MR) is 63.7 cm³/mol. The number of nitrogens with one attached hydrogen (secondary N) is 1. The second kappa shape index (κ2) is 5.38. The summed E-state index contributed by atoms with van der Waals surface area (Å²) < 4.78 is 0. The smallest absolute Gasteiger partial charge is 0.253 e. The minimum absolute atomic E-state index is 0.132. The van der Waals surface area contributed by atoms with E-state index < -0.39 is 0 Å². The van der Waals surface area contributed by atoms with Gasteiger partial charge in [-0.15, -0.1) is 0 Å². The van der Waals surface area contributed by atoms with Crippen molar-refractivity contribution in [2.75, 3.05) is 0 Å². The van der Waals surface area contributed by atoms with Gasteiger partial charge in [0.15, 0.2) is 0 Å². The third-order valence-corrected chi connectivity index (χ3v) is 2.73. The molecule has 0 saturated heterocycles. The Hall–Kier alpha value is -0.730. The predicted octanol–water partition coefficient (Wildman–Crippen LogP) is 3.52. The number of benzene rings is 1. The molecule has 0 unspecified atom stereocenters. The molecule has 82 valence electrons. The van der Waals surface area contributed by atoms with Crippen molar-refractivity contribution in [2.24, 2.45) is 0 Å². The van der Waals surface area contributed by atoms with Gasteiger partial charge in [-0.05, 0) is 31.5 Å². The first-order chi connectivity index (χ1) is 7.04. The first-order valence-corrected chi connectivity index (χ1v) is 5.56. The molecule has 1 aromatic rings. The molecule has 0 saturated carbocycles. The monoisotopic (exact) mass is 245 g/mol. The van der Waals surface area contributed by atoms with Gasteiger partial charge < -0.3 is 5.32 Å². The third-order valence-electron chi connectivity index (χ3n) is 2.16. The Morgan fingerprint density at radius 1 is 1.47 bits per heavy atom. The fourth-order valence-corrected chi connectivity index (χ4v) is 1.45. The van der Waals surface area contributed by atoms with Gasteiger partial charge in [-0.25, -0.2) is 0 Å². The summed E-state index contributed by atoms with van der Waals surface area (Å²) in [7, 11) is 0. The zero-order valence-electron chi connectivity index (χ0n) is 8.68. The highest BCUT2D eigenvalue weighted by atomic mass is 35.5. The molecule has 2 nitrogen and oxygen atoms in total. The number of carbonyl (C=O) groups excluding carboxylic acids is 1. The highest BCUT2D eigenvalue weighted by Crippen LogP contribution is 2.20. The largest absolute Gasteiger partial charge is 0.350 e. The van der Waals surface area contributed by atoms with E-state index in [0.29, 0.717) is 15.6 Å². The lowest BCUT2D eigenvalue weighted by molar-refractivity contribution is 0.0939. The molecule has 1 amide bonds. The molecule has 0 bridgehead atoms. The van der Waals surface area contributed by atoms with E-state index in [0.717, 1.165) is 6.42 Å². The van der Waals surface area contributed by atoms with Crippen LogP contribution in [0.25, 0.3) is 0 Å². The standard InChI is InChI=1S/C11H13Cl2NO/c1-3-7(2)14-11(15)9-6-8(12)4-5-10(9)13/h4-7H,3H2,1-2H3,(H,14,15)/t7-/m0/s1. The number of hydrogen-bond donors (Lipinski definition) is 1. The first kappa shape index (κ1) is 12.3. The second-order valence-corrected chi connectivity index (χ2v) is 4.25. The van der Waals surface area contributed by atoms with Crippen LogP contribution in [0, 0.1) is 0 Å². The van der Waals surface area contributed by atoms with Crippen molar-refractivity contribution in [3.05, 3.63) is 33.8 Å². The summed E-state index contributed by atoms with van der Waals surface area (Å²) in [5.41, 5.74) is 0.421. The van der Waals surface area contributed by atoms with Gasteiger partial charge in [-0.1, -0.05) is 30.1 Å². The Balaban J connectivity index is 2.86. The molecule has 1 aromatic carbocycles. The lowest BCUT2D eigenvalue weighted by Crippen LogP contribution is -2.32. The second-order valence-electron chi connectivity index (χ2n) is 3.41.